The molecule has 0 saturated carbocycles. The molecule has 0 fully saturated rings. The van der Waals surface area contributed by atoms with Crippen molar-refractivity contribution in [3.63, 3.8) is 0 Å². The van der Waals surface area contributed by atoms with E-state index < -0.39 is 10.2 Å². The summed E-state index contributed by atoms with van der Waals surface area (Å²) in [6.45, 7) is 3.91. The molecule has 0 unspecified atom stereocenters. The summed E-state index contributed by atoms with van der Waals surface area (Å²) in [5, 5.41) is 2.83. The number of carbonyl (C=O) groups excluding carboxylic acids is 1. The van der Waals surface area contributed by atoms with Crippen LogP contribution in [0.25, 0.3) is 0 Å². The molecule has 0 aromatic heterocycles. The van der Waals surface area contributed by atoms with Gasteiger partial charge in [0.05, 0.1) is 12.8 Å². The fraction of sp³-hybridized carbons (Fsp3) is 0.409. The van der Waals surface area contributed by atoms with Gasteiger partial charge in [-0.2, -0.15) is 12.7 Å². The molecule has 0 saturated heterocycles. The second-order valence-electron chi connectivity index (χ2n) is 7.39. The van der Waals surface area contributed by atoms with Gasteiger partial charge in [0.15, 0.2) is 0 Å². The van der Waals surface area contributed by atoms with Crippen molar-refractivity contribution in [2.24, 2.45) is 0 Å². The lowest BCUT2D eigenvalue weighted by atomic mass is 10.1. The lowest BCUT2D eigenvalue weighted by Crippen LogP contribution is -2.46. The minimum Gasteiger partial charge on any atom is -0.497 e. The van der Waals surface area contributed by atoms with Crippen LogP contribution < -0.4 is 14.4 Å². The van der Waals surface area contributed by atoms with Crippen molar-refractivity contribution in [3.05, 3.63) is 59.2 Å². The molecule has 1 amide bonds. The van der Waals surface area contributed by atoms with Crippen LogP contribution in [0.3, 0.4) is 0 Å². The van der Waals surface area contributed by atoms with Gasteiger partial charge in [-0.25, -0.2) is 4.31 Å². The predicted molar refractivity (Wildman–Crippen MR) is 120 cm³/mol. The normalized spacial score (nSPS) is 11.4. The van der Waals surface area contributed by atoms with Crippen molar-refractivity contribution in [2.75, 3.05) is 38.6 Å². The molecular weight excluding hydrogens is 402 g/mol. The van der Waals surface area contributed by atoms with Crippen molar-refractivity contribution < 1.29 is 17.9 Å². The quantitative estimate of drug-likeness (QED) is 0.585. The van der Waals surface area contributed by atoms with Crippen LogP contribution in [-0.4, -0.2) is 52.9 Å². The summed E-state index contributed by atoms with van der Waals surface area (Å²) in [6.07, 6.45) is 1.52. The zero-order valence-corrected chi connectivity index (χ0v) is 19.1. The molecule has 8 heteroatoms. The van der Waals surface area contributed by atoms with Crippen LogP contribution in [0, 0.1) is 13.8 Å². The highest BCUT2D eigenvalue weighted by Crippen LogP contribution is 2.25. The first kappa shape index (κ1) is 23.7. The number of ether oxygens (including phenoxy) is 1. The first-order valence-corrected chi connectivity index (χ1v) is 11.2. The Hall–Kier alpha value is -2.58. The minimum absolute atomic E-state index is 0.274. The molecule has 1 N–H and O–H groups in total. The molecule has 0 aliphatic rings. The average Bonchev–Trinajstić information content (AvgIpc) is 2.71. The third kappa shape index (κ3) is 6.21. The lowest BCUT2D eigenvalue weighted by molar-refractivity contribution is -0.119. The van der Waals surface area contributed by atoms with Crippen molar-refractivity contribution in [2.45, 2.75) is 26.7 Å². The van der Waals surface area contributed by atoms with Crippen molar-refractivity contribution in [1.82, 2.24) is 9.62 Å². The van der Waals surface area contributed by atoms with Crippen molar-refractivity contribution >= 4 is 21.8 Å². The molecule has 0 bridgehead atoms. The van der Waals surface area contributed by atoms with E-state index in [-0.39, 0.29) is 12.5 Å². The fourth-order valence-electron chi connectivity index (χ4n) is 3.01. The minimum atomic E-state index is -3.82. The number of amides is 1. The Morgan fingerprint density at radius 1 is 1.10 bits per heavy atom. The third-order valence-electron chi connectivity index (χ3n) is 4.76. The summed E-state index contributed by atoms with van der Waals surface area (Å²) in [6, 6.07) is 13.3. The van der Waals surface area contributed by atoms with E-state index in [0.29, 0.717) is 12.2 Å². The molecule has 0 atom stereocenters. The number of nitrogens with one attached hydrogen (secondary N) is 1. The molecule has 0 heterocycles. The first-order chi connectivity index (χ1) is 14.1. The Morgan fingerprint density at radius 3 is 2.50 bits per heavy atom. The van der Waals surface area contributed by atoms with E-state index in [1.807, 2.05) is 50.2 Å². The fourth-order valence-corrected chi connectivity index (χ4v) is 4.13. The number of carbonyl (C=O) groups is 1. The maximum absolute atomic E-state index is 12.9. The zero-order valence-electron chi connectivity index (χ0n) is 18.3. The molecule has 0 radical (unpaired) electrons. The Labute approximate surface area is 179 Å². The number of hydrogen-bond donors (Lipinski definition) is 1. The average molecular weight is 434 g/mol. The highest BCUT2D eigenvalue weighted by atomic mass is 32.2. The van der Waals surface area contributed by atoms with Crippen LogP contribution in [0.15, 0.2) is 42.5 Å². The summed E-state index contributed by atoms with van der Waals surface area (Å²) in [5.74, 6) is 0.460. The van der Waals surface area contributed by atoms with Gasteiger partial charge < -0.3 is 10.1 Å². The van der Waals surface area contributed by atoms with Crippen LogP contribution in [0.4, 0.5) is 5.69 Å². The largest absolute Gasteiger partial charge is 0.497 e. The van der Waals surface area contributed by atoms with Crippen LogP contribution in [0.5, 0.6) is 5.75 Å². The van der Waals surface area contributed by atoms with Crippen LogP contribution in [-0.2, 0) is 21.4 Å². The molecule has 0 aliphatic carbocycles. The molecule has 0 aliphatic heterocycles. The Bertz CT molecular complexity index is 974. The molecule has 2 rings (SSSR count). The Balaban J connectivity index is 2.03. The molecule has 30 heavy (non-hydrogen) atoms. The van der Waals surface area contributed by atoms with E-state index >= 15 is 0 Å². The number of hydrogen-bond acceptors (Lipinski definition) is 4. The number of methoxy groups -OCH3 is 1. The van der Waals surface area contributed by atoms with Gasteiger partial charge in [0.2, 0.25) is 5.91 Å². The Kier molecular flexibility index (Phi) is 8.25. The lowest BCUT2D eigenvalue weighted by Gasteiger charge is -2.28. The summed E-state index contributed by atoms with van der Waals surface area (Å²) in [7, 11) is 0.728. The van der Waals surface area contributed by atoms with Gasteiger partial charge in [0, 0.05) is 20.6 Å². The monoisotopic (exact) mass is 433 g/mol. The summed E-state index contributed by atoms with van der Waals surface area (Å²) < 4.78 is 33.2. The number of aryl methyl sites for hydroxylation is 3. The smallest absolute Gasteiger partial charge is 0.304 e. The van der Waals surface area contributed by atoms with Crippen LogP contribution >= 0.6 is 0 Å². The van der Waals surface area contributed by atoms with Gasteiger partial charge in [0.25, 0.3) is 0 Å². The van der Waals surface area contributed by atoms with Gasteiger partial charge in [-0.15, -0.1) is 0 Å². The van der Waals surface area contributed by atoms with Gasteiger partial charge >= 0.3 is 10.2 Å². The number of rotatable bonds is 10. The van der Waals surface area contributed by atoms with Crippen molar-refractivity contribution in [3.8, 4) is 5.75 Å². The van der Waals surface area contributed by atoms with E-state index in [2.05, 4.69) is 5.32 Å². The van der Waals surface area contributed by atoms with Gasteiger partial charge in [-0.3, -0.25) is 4.79 Å². The van der Waals surface area contributed by atoms with Gasteiger partial charge in [-0.1, -0.05) is 24.3 Å². The molecule has 0 spiro atoms. The van der Waals surface area contributed by atoms with Crippen LogP contribution in [0.1, 0.15) is 23.1 Å². The molecule has 164 valence electrons. The third-order valence-corrected chi connectivity index (χ3v) is 6.56. The van der Waals surface area contributed by atoms with Gasteiger partial charge in [0.1, 0.15) is 12.3 Å². The Morgan fingerprint density at radius 2 is 1.83 bits per heavy atom. The molecule has 2 aromatic rings. The topological polar surface area (TPSA) is 79.0 Å². The number of nitrogens with zero attached hydrogens (tertiary/aromatic N) is 2. The van der Waals surface area contributed by atoms with Crippen LogP contribution in [0.2, 0.25) is 0 Å². The van der Waals surface area contributed by atoms with E-state index in [0.717, 1.165) is 43.9 Å². The second kappa shape index (κ2) is 10.4. The highest BCUT2D eigenvalue weighted by molar-refractivity contribution is 7.90. The number of anilines is 1. The van der Waals surface area contributed by atoms with E-state index in [4.69, 9.17) is 4.74 Å². The standard InChI is InChI=1S/C22H31N3O4S/c1-17-11-12-18(2)21(14-17)25(30(27,28)24(3)4)16-22(26)23-13-7-9-19-8-6-10-20(15-19)29-5/h6,8,10-12,14-15H,7,9,13,16H2,1-5H3,(H,23,26). The van der Waals surface area contributed by atoms with E-state index in [1.165, 1.54) is 14.1 Å². The maximum Gasteiger partial charge on any atom is 0.304 e. The summed E-state index contributed by atoms with van der Waals surface area (Å²) >= 11 is 0. The van der Waals surface area contributed by atoms with Gasteiger partial charge in [-0.05, 0) is 61.6 Å². The summed E-state index contributed by atoms with van der Waals surface area (Å²) in [5.41, 5.74) is 3.34. The highest BCUT2D eigenvalue weighted by Gasteiger charge is 2.28. The first-order valence-electron chi connectivity index (χ1n) is 9.82. The second-order valence-corrected chi connectivity index (χ2v) is 9.46. The molecular formula is C22H31N3O4S. The molecule has 7 nitrogen and oxygen atoms in total. The zero-order chi connectivity index (χ0) is 22.3. The van der Waals surface area contributed by atoms with E-state index in [1.54, 1.807) is 13.2 Å². The van der Waals surface area contributed by atoms with E-state index in [9.17, 15) is 13.2 Å². The SMILES string of the molecule is COc1cccc(CCCNC(=O)CN(c2cc(C)ccc2C)S(=O)(=O)N(C)C)c1. The predicted octanol–water partition coefficient (Wildman–Crippen LogP) is 2.67. The maximum atomic E-state index is 12.9. The van der Waals surface area contributed by atoms with Crippen molar-refractivity contribution in [1.29, 1.82) is 0 Å². The molecule has 2 aromatic carbocycles. The number of benzene rings is 2. The summed E-state index contributed by atoms with van der Waals surface area (Å²) in [4.78, 5) is 12.5.